The van der Waals surface area contributed by atoms with E-state index in [1.165, 1.54) is 5.56 Å². The lowest BCUT2D eigenvalue weighted by Gasteiger charge is -2.33. The van der Waals surface area contributed by atoms with E-state index in [0.717, 1.165) is 37.8 Å². The minimum absolute atomic E-state index is 0. The standard InChI is InChI=1S/C17H24N4O.2ClH/c1-14-11-18-7-10-21(14)12-15-3-5-16(6-4-15)22-13-17-19-8-9-20(17)2;;/h3-6,8-9,14,18H,7,10-13H2,1-2H3;2*1H/t14-;;/m0../s1. The van der Waals surface area contributed by atoms with Crippen LogP contribution in [0.1, 0.15) is 18.3 Å². The van der Waals surface area contributed by atoms with Crippen molar-refractivity contribution in [1.82, 2.24) is 19.8 Å². The Morgan fingerprint density at radius 3 is 2.62 bits per heavy atom. The van der Waals surface area contributed by atoms with Gasteiger partial charge in [0.25, 0.3) is 0 Å². The smallest absolute Gasteiger partial charge is 0.146 e. The van der Waals surface area contributed by atoms with Crippen LogP contribution in [0, 0.1) is 0 Å². The maximum absolute atomic E-state index is 5.79. The van der Waals surface area contributed by atoms with Crippen LogP contribution in [0.5, 0.6) is 5.75 Å². The summed E-state index contributed by atoms with van der Waals surface area (Å²) in [5, 5.41) is 3.42. The van der Waals surface area contributed by atoms with Crippen molar-refractivity contribution >= 4 is 24.8 Å². The summed E-state index contributed by atoms with van der Waals surface area (Å²) in [7, 11) is 1.98. The molecule has 134 valence electrons. The molecule has 3 rings (SSSR count). The van der Waals surface area contributed by atoms with Crippen LogP contribution in [0.15, 0.2) is 36.7 Å². The molecule has 1 aromatic heterocycles. The molecule has 0 radical (unpaired) electrons. The van der Waals surface area contributed by atoms with Gasteiger partial charge in [-0.25, -0.2) is 4.98 Å². The Bertz CT molecular complexity index is 603. The zero-order chi connectivity index (χ0) is 15.4. The number of nitrogens with one attached hydrogen (secondary N) is 1. The molecule has 0 bridgehead atoms. The van der Waals surface area contributed by atoms with Gasteiger partial charge in [0, 0.05) is 51.7 Å². The summed E-state index contributed by atoms with van der Waals surface area (Å²) in [4.78, 5) is 6.77. The number of rotatable bonds is 5. The van der Waals surface area contributed by atoms with E-state index in [1.54, 1.807) is 6.20 Å². The molecule has 0 spiro atoms. The van der Waals surface area contributed by atoms with Crippen LogP contribution in [0.4, 0.5) is 0 Å². The number of aryl methyl sites for hydroxylation is 1. The van der Waals surface area contributed by atoms with Crippen LogP contribution in [0.25, 0.3) is 0 Å². The summed E-state index contributed by atoms with van der Waals surface area (Å²) in [5.41, 5.74) is 1.33. The fraction of sp³-hybridized carbons (Fsp3) is 0.471. The molecule has 0 aliphatic carbocycles. The van der Waals surface area contributed by atoms with Crippen LogP contribution in [0.2, 0.25) is 0 Å². The monoisotopic (exact) mass is 372 g/mol. The fourth-order valence-corrected chi connectivity index (χ4v) is 2.73. The molecule has 1 saturated heterocycles. The van der Waals surface area contributed by atoms with Crippen LogP contribution in [0.3, 0.4) is 0 Å². The first kappa shape index (κ1) is 20.8. The summed E-state index contributed by atoms with van der Waals surface area (Å²) in [6.07, 6.45) is 3.72. The molecule has 24 heavy (non-hydrogen) atoms. The Hall–Kier alpha value is -1.27. The summed E-state index contributed by atoms with van der Waals surface area (Å²) < 4.78 is 7.76. The number of halogens is 2. The number of piperazine rings is 1. The molecular weight excluding hydrogens is 347 g/mol. The van der Waals surface area contributed by atoms with Gasteiger partial charge in [0.05, 0.1) is 0 Å². The molecule has 1 aliphatic rings. The van der Waals surface area contributed by atoms with Gasteiger partial charge < -0.3 is 14.6 Å². The van der Waals surface area contributed by atoms with Gasteiger partial charge >= 0.3 is 0 Å². The quantitative estimate of drug-likeness (QED) is 0.875. The topological polar surface area (TPSA) is 42.3 Å². The fourth-order valence-electron chi connectivity index (χ4n) is 2.73. The van der Waals surface area contributed by atoms with Crippen LogP contribution in [-0.2, 0) is 20.2 Å². The van der Waals surface area contributed by atoms with Crippen molar-refractivity contribution in [2.24, 2.45) is 7.05 Å². The number of nitrogens with zero attached hydrogens (tertiary/aromatic N) is 3. The van der Waals surface area contributed by atoms with Gasteiger partial charge in [-0.15, -0.1) is 24.8 Å². The predicted molar refractivity (Wildman–Crippen MR) is 101 cm³/mol. The molecule has 2 aromatic rings. The Kier molecular flexibility index (Phi) is 8.56. The highest BCUT2D eigenvalue weighted by Gasteiger charge is 2.17. The van der Waals surface area contributed by atoms with Crippen LogP contribution < -0.4 is 10.1 Å². The second-order valence-electron chi connectivity index (χ2n) is 5.91. The third-order valence-electron chi connectivity index (χ3n) is 4.24. The Morgan fingerprint density at radius 1 is 1.25 bits per heavy atom. The average Bonchev–Trinajstić information content (AvgIpc) is 2.94. The molecule has 0 amide bonds. The zero-order valence-corrected chi connectivity index (χ0v) is 15.8. The number of aromatic nitrogens is 2. The Morgan fingerprint density at radius 2 is 2.00 bits per heavy atom. The molecule has 5 nitrogen and oxygen atoms in total. The number of hydrogen-bond donors (Lipinski definition) is 1. The molecule has 0 unspecified atom stereocenters. The van der Waals surface area contributed by atoms with Gasteiger partial charge in [-0.2, -0.15) is 0 Å². The molecule has 2 heterocycles. The molecule has 1 fully saturated rings. The van der Waals surface area contributed by atoms with Crippen molar-refractivity contribution in [2.45, 2.75) is 26.1 Å². The van der Waals surface area contributed by atoms with Gasteiger partial charge in [-0.1, -0.05) is 12.1 Å². The van der Waals surface area contributed by atoms with E-state index in [2.05, 4.69) is 34.3 Å². The highest BCUT2D eigenvalue weighted by Crippen LogP contribution is 2.16. The summed E-state index contributed by atoms with van der Waals surface area (Å²) in [6, 6.07) is 8.99. The molecule has 0 saturated carbocycles. The molecule has 1 aliphatic heterocycles. The van der Waals surface area contributed by atoms with E-state index in [-0.39, 0.29) is 24.8 Å². The summed E-state index contributed by atoms with van der Waals surface area (Å²) >= 11 is 0. The van der Waals surface area contributed by atoms with Gasteiger partial charge in [0.2, 0.25) is 0 Å². The largest absolute Gasteiger partial charge is 0.486 e. The van der Waals surface area contributed by atoms with E-state index in [0.29, 0.717) is 12.6 Å². The number of ether oxygens (including phenoxy) is 1. The Balaban J connectivity index is 0.00000144. The highest BCUT2D eigenvalue weighted by atomic mass is 35.5. The van der Waals surface area contributed by atoms with Gasteiger partial charge in [-0.3, -0.25) is 4.90 Å². The lowest BCUT2D eigenvalue weighted by Crippen LogP contribution is -2.49. The third-order valence-corrected chi connectivity index (χ3v) is 4.24. The number of hydrogen-bond acceptors (Lipinski definition) is 4. The summed E-state index contributed by atoms with van der Waals surface area (Å²) in [6.45, 7) is 7.04. The van der Waals surface area contributed by atoms with Gasteiger partial charge in [-0.05, 0) is 24.6 Å². The van der Waals surface area contributed by atoms with Crippen molar-refractivity contribution in [3.63, 3.8) is 0 Å². The van der Waals surface area contributed by atoms with Crippen LogP contribution in [-0.4, -0.2) is 40.1 Å². The Labute approximate surface area is 156 Å². The molecule has 7 heteroatoms. The first-order valence-electron chi connectivity index (χ1n) is 7.85. The molecular formula is C17H26Cl2N4O. The van der Waals surface area contributed by atoms with Gasteiger partial charge in [0.1, 0.15) is 18.2 Å². The average molecular weight is 373 g/mol. The second kappa shape index (κ2) is 9.89. The third kappa shape index (κ3) is 5.38. The second-order valence-corrected chi connectivity index (χ2v) is 5.91. The SMILES string of the molecule is C[C@H]1CNCCN1Cc1ccc(OCc2nccn2C)cc1.Cl.Cl. The van der Waals surface area contributed by atoms with E-state index in [9.17, 15) is 0 Å². The zero-order valence-electron chi connectivity index (χ0n) is 14.1. The molecule has 1 N–H and O–H groups in total. The predicted octanol–water partition coefficient (Wildman–Crippen LogP) is 2.64. The normalized spacial score (nSPS) is 17.7. The van der Waals surface area contributed by atoms with Crippen LogP contribution >= 0.6 is 24.8 Å². The molecule has 1 atom stereocenters. The number of benzene rings is 1. The summed E-state index contributed by atoms with van der Waals surface area (Å²) in [5.74, 6) is 1.82. The highest BCUT2D eigenvalue weighted by molar-refractivity contribution is 5.85. The maximum Gasteiger partial charge on any atom is 0.146 e. The van der Waals surface area contributed by atoms with E-state index >= 15 is 0 Å². The minimum Gasteiger partial charge on any atom is -0.486 e. The number of imidazole rings is 1. The van der Waals surface area contributed by atoms with E-state index in [4.69, 9.17) is 4.74 Å². The van der Waals surface area contributed by atoms with E-state index in [1.807, 2.05) is 29.9 Å². The van der Waals surface area contributed by atoms with Crippen molar-refractivity contribution < 1.29 is 4.74 Å². The van der Waals surface area contributed by atoms with Crippen molar-refractivity contribution in [3.8, 4) is 5.75 Å². The first-order chi connectivity index (χ1) is 10.7. The maximum atomic E-state index is 5.79. The first-order valence-corrected chi connectivity index (χ1v) is 7.85. The van der Waals surface area contributed by atoms with Crippen molar-refractivity contribution in [2.75, 3.05) is 19.6 Å². The van der Waals surface area contributed by atoms with Gasteiger partial charge in [0.15, 0.2) is 0 Å². The van der Waals surface area contributed by atoms with E-state index < -0.39 is 0 Å². The van der Waals surface area contributed by atoms with Crippen molar-refractivity contribution in [1.29, 1.82) is 0 Å². The lowest BCUT2D eigenvalue weighted by atomic mass is 10.1. The minimum atomic E-state index is 0. The lowest BCUT2D eigenvalue weighted by molar-refractivity contribution is 0.165. The molecule has 1 aromatic carbocycles. The van der Waals surface area contributed by atoms with Crippen molar-refractivity contribution in [3.05, 3.63) is 48.0 Å².